The molecule has 6 nitrogen and oxygen atoms in total. The molecule has 2 amide bonds. The fourth-order valence-electron chi connectivity index (χ4n) is 0.919. The molecule has 88 valence electrons. The number of methoxy groups -OCH3 is 1. The van der Waals surface area contributed by atoms with E-state index in [1.165, 1.54) is 0 Å². The maximum atomic E-state index is 11.1. The van der Waals surface area contributed by atoms with E-state index in [1.54, 1.807) is 14.2 Å². The van der Waals surface area contributed by atoms with E-state index in [0.717, 1.165) is 0 Å². The molecule has 0 aromatic heterocycles. The molecule has 6 heteroatoms. The lowest BCUT2D eigenvalue weighted by Crippen LogP contribution is -2.35. The van der Waals surface area contributed by atoms with Crippen LogP contribution in [0.15, 0.2) is 0 Å². The van der Waals surface area contributed by atoms with Gasteiger partial charge in [-0.25, -0.2) is 0 Å². The molecular formula is C9H19N3O3. The molecule has 0 unspecified atom stereocenters. The molecule has 0 bridgehead atoms. The molecule has 0 spiro atoms. The molecule has 3 N–H and O–H groups in total. The van der Waals surface area contributed by atoms with Gasteiger partial charge in [0.05, 0.1) is 13.2 Å². The number of ether oxygens (including phenoxy) is 1. The highest BCUT2D eigenvalue weighted by Crippen LogP contribution is 1.77. The van der Waals surface area contributed by atoms with E-state index in [4.69, 9.17) is 4.74 Å². The standard InChI is InChI=1S/C9H19N3O3/c1-10-7-9(14)11-4-3-8(13)12-5-6-15-2/h10H,3-7H2,1-2H3,(H,11,14)(H,12,13). The molecule has 0 rings (SSSR count). The second-order valence-corrected chi connectivity index (χ2v) is 2.97. The van der Waals surface area contributed by atoms with E-state index in [-0.39, 0.29) is 18.4 Å². The first-order valence-corrected chi connectivity index (χ1v) is 4.87. The summed E-state index contributed by atoms with van der Waals surface area (Å²) in [6.45, 7) is 1.63. The molecule has 15 heavy (non-hydrogen) atoms. The summed E-state index contributed by atoms with van der Waals surface area (Å²) in [7, 11) is 3.27. The monoisotopic (exact) mass is 217 g/mol. The largest absolute Gasteiger partial charge is 0.383 e. The van der Waals surface area contributed by atoms with Crippen LogP contribution in [-0.2, 0) is 14.3 Å². The Bertz CT molecular complexity index is 197. The van der Waals surface area contributed by atoms with Gasteiger partial charge in [-0.05, 0) is 7.05 Å². The van der Waals surface area contributed by atoms with Gasteiger partial charge in [0.2, 0.25) is 11.8 Å². The van der Waals surface area contributed by atoms with Gasteiger partial charge in [-0.15, -0.1) is 0 Å². The summed E-state index contributed by atoms with van der Waals surface area (Å²) in [5, 5.41) is 7.99. The fraction of sp³-hybridized carbons (Fsp3) is 0.778. The number of amides is 2. The third-order valence-corrected chi connectivity index (χ3v) is 1.64. The molecule has 0 aliphatic rings. The van der Waals surface area contributed by atoms with E-state index >= 15 is 0 Å². The quantitative estimate of drug-likeness (QED) is 0.431. The summed E-state index contributed by atoms with van der Waals surface area (Å²) in [4.78, 5) is 22.1. The topological polar surface area (TPSA) is 79.5 Å². The Morgan fingerprint density at radius 1 is 1.13 bits per heavy atom. The van der Waals surface area contributed by atoms with Gasteiger partial charge < -0.3 is 20.7 Å². The second-order valence-electron chi connectivity index (χ2n) is 2.97. The van der Waals surface area contributed by atoms with Crippen LogP contribution in [0, 0.1) is 0 Å². The predicted molar refractivity (Wildman–Crippen MR) is 56.4 cm³/mol. The third-order valence-electron chi connectivity index (χ3n) is 1.64. The zero-order chi connectivity index (χ0) is 11.5. The molecule has 0 saturated carbocycles. The maximum absolute atomic E-state index is 11.1. The number of hydrogen-bond donors (Lipinski definition) is 3. The van der Waals surface area contributed by atoms with E-state index in [9.17, 15) is 9.59 Å². The molecule has 0 atom stereocenters. The number of carbonyl (C=O) groups excluding carboxylic acids is 2. The average molecular weight is 217 g/mol. The first kappa shape index (κ1) is 13.9. The Morgan fingerprint density at radius 3 is 2.40 bits per heavy atom. The van der Waals surface area contributed by atoms with Crippen LogP contribution in [0.2, 0.25) is 0 Å². The highest BCUT2D eigenvalue weighted by atomic mass is 16.5. The van der Waals surface area contributed by atoms with Gasteiger partial charge in [0.15, 0.2) is 0 Å². The van der Waals surface area contributed by atoms with Gasteiger partial charge in [-0.1, -0.05) is 0 Å². The highest BCUT2D eigenvalue weighted by molar-refractivity contribution is 5.80. The predicted octanol–water partition coefficient (Wildman–Crippen LogP) is -1.53. The zero-order valence-corrected chi connectivity index (χ0v) is 9.26. The number of nitrogens with one attached hydrogen (secondary N) is 3. The molecule has 0 aliphatic heterocycles. The lowest BCUT2D eigenvalue weighted by atomic mass is 10.4. The molecule has 0 heterocycles. The van der Waals surface area contributed by atoms with Crippen molar-refractivity contribution in [2.45, 2.75) is 6.42 Å². The molecule has 0 aromatic rings. The lowest BCUT2D eigenvalue weighted by Gasteiger charge is -2.05. The summed E-state index contributed by atoms with van der Waals surface area (Å²) in [6.07, 6.45) is 0.291. The number of likely N-dealkylation sites (N-methyl/N-ethyl adjacent to an activating group) is 1. The van der Waals surface area contributed by atoms with Crippen molar-refractivity contribution in [1.82, 2.24) is 16.0 Å². The van der Waals surface area contributed by atoms with Crippen LogP contribution in [0.25, 0.3) is 0 Å². The Labute approximate surface area is 89.7 Å². The van der Waals surface area contributed by atoms with E-state index < -0.39 is 0 Å². The van der Waals surface area contributed by atoms with Crippen molar-refractivity contribution in [1.29, 1.82) is 0 Å². The van der Waals surface area contributed by atoms with Gasteiger partial charge in [0.25, 0.3) is 0 Å². The van der Waals surface area contributed by atoms with Crippen molar-refractivity contribution in [3.8, 4) is 0 Å². The van der Waals surface area contributed by atoms with Gasteiger partial charge in [0.1, 0.15) is 0 Å². The molecular weight excluding hydrogens is 198 g/mol. The van der Waals surface area contributed by atoms with E-state index in [2.05, 4.69) is 16.0 Å². The Hall–Kier alpha value is -1.14. The van der Waals surface area contributed by atoms with Crippen LogP contribution in [0.5, 0.6) is 0 Å². The minimum atomic E-state index is -0.109. The minimum absolute atomic E-state index is 0.0863. The van der Waals surface area contributed by atoms with Crippen molar-refractivity contribution in [3.63, 3.8) is 0 Å². The number of carbonyl (C=O) groups is 2. The summed E-state index contributed by atoms with van der Waals surface area (Å²) in [5.74, 6) is -0.195. The summed E-state index contributed by atoms with van der Waals surface area (Å²) < 4.78 is 4.77. The van der Waals surface area contributed by atoms with Crippen LogP contribution in [0.1, 0.15) is 6.42 Å². The number of hydrogen-bond acceptors (Lipinski definition) is 4. The normalized spacial score (nSPS) is 9.73. The van der Waals surface area contributed by atoms with E-state index in [0.29, 0.717) is 26.1 Å². The van der Waals surface area contributed by atoms with Crippen LogP contribution in [0.3, 0.4) is 0 Å². The van der Waals surface area contributed by atoms with Crippen molar-refractivity contribution in [2.24, 2.45) is 0 Å². The first-order chi connectivity index (χ1) is 7.20. The van der Waals surface area contributed by atoms with Crippen molar-refractivity contribution in [2.75, 3.05) is 40.4 Å². The molecule has 0 radical (unpaired) electrons. The highest BCUT2D eigenvalue weighted by Gasteiger charge is 2.02. The molecule has 0 aromatic carbocycles. The average Bonchev–Trinajstić information content (AvgIpc) is 2.18. The minimum Gasteiger partial charge on any atom is -0.383 e. The van der Waals surface area contributed by atoms with Gasteiger partial charge in [-0.2, -0.15) is 0 Å². The SMILES string of the molecule is CNCC(=O)NCCC(=O)NCCOC. The smallest absolute Gasteiger partial charge is 0.233 e. The van der Waals surface area contributed by atoms with Crippen LogP contribution in [-0.4, -0.2) is 52.2 Å². The van der Waals surface area contributed by atoms with Crippen molar-refractivity contribution in [3.05, 3.63) is 0 Å². The molecule has 0 aliphatic carbocycles. The Morgan fingerprint density at radius 2 is 1.80 bits per heavy atom. The molecule has 0 saturated heterocycles. The zero-order valence-electron chi connectivity index (χ0n) is 9.26. The van der Waals surface area contributed by atoms with Crippen molar-refractivity contribution < 1.29 is 14.3 Å². The summed E-state index contributed by atoms with van der Waals surface area (Å²) >= 11 is 0. The van der Waals surface area contributed by atoms with Crippen LogP contribution in [0.4, 0.5) is 0 Å². The lowest BCUT2D eigenvalue weighted by molar-refractivity contribution is -0.122. The van der Waals surface area contributed by atoms with Crippen molar-refractivity contribution >= 4 is 11.8 Å². The first-order valence-electron chi connectivity index (χ1n) is 4.87. The van der Waals surface area contributed by atoms with Gasteiger partial charge in [0, 0.05) is 26.6 Å². The van der Waals surface area contributed by atoms with Crippen LogP contribution >= 0.6 is 0 Å². The molecule has 0 fully saturated rings. The number of rotatable bonds is 8. The Kier molecular flexibility index (Phi) is 8.70. The fourth-order valence-corrected chi connectivity index (χ4v) is 0.919. The second kappa shape index (κ2) is 9.42. The third kappa shape index (κ3) is 9.17. The maximum Gasteiger partial charge on any atom is 0.233 e. The van der Waals surface area contributed by atoms with Gasteiger partial charge >= 0.3 is 0 Å². The van der Waals surface area contributed by atoms with E-state index in [1.807, 2.05) is 0 Å². The summed E-state index contributed by atoms with van der Waals surface area (Å²) in [6, 6.07) is 0. The summed E-state index contributed by atoms with van der Waals surface area (Å²) in [5.41, 5.74) is 0. The van der Waals surface area contributed by atoms with Crippen LogP contribution < -0.4 is 16.0 Å². The van der Waals surface area contributed by atoms with Gasteiger partial charge in [-0.3, -0.25) is 9.59 Å². The Balaban J connectivity index is 3.34.